The van der Waals surface area contributed by atoms with Crippen LogP contribution in [-0.4, -0.2) is 21.2 Å². The number of halogens is 1. The van der Waals surface area contributed by atoms with Gasteiger partial charge in [-0.15, -0.1) is 0 Å². The van der Waals surface area contributed by atoms with Crippen molar-refractivity contribution in [1.82, 2.24) is 14.9 Å². The summed E-state index contributed by atoms with van der Waals surface area (Å²) in [5.74, 6) is -0.315. The molecule has 2 aromatic rings. The van der Waals surface area contributed by atoms with Crippen molar-refractivity contribution in [2.75, 3.05) is 11.9 Å². The highest BCUT2D eigenvalue weighted by Crippen LogP contribution is 2.11. The molecule has 0 aliphatic rings. The van der Waals surface area contributed by atoms with E-state index in [1.54, 1.807) is 30.7 Å². The first-order valence-electron chi connectivity index (χ1n) is 6.01. The molecule has 1 aromatic heterocycles. The summed E-state index contributed by atoms with van der Waals surface area (Å²) in [6.45, 7) is 1.59. The molecule has 0 atom stereocenters. The Morgan fingerprint density at radius 3 is 2.95 bits per heavy atom. The average Bonchev–Trinajstić information content (AvgIpc) is 2.91. The Bertz CT molecular complexity index is 527. The van der Waals surface area contributed by atoms with Gasteiger partial charge in [0.25, 0.3) is 0 Å². The average molecular weight is 278 g/mol. The number of hydrogen-bond acceptors (Lipinski definition) is 2. The molecule has 1 aromatic carbocycles. The minimum atomic E-state index is -0.315. The maximum atomic E-state index is 13.4. The molecule has 100 valence electrons. The quantitative estimate of drug-likeness (QED) is 0.651. The van der Waals surface area contributed by atoms with E-state index in [-0.39, 0.29) is 5.82 Å². The Balaban J connectivity index is 1.69. The third kappa shape index (κ3) is 4.33. The summed E-state index contributed by atoms with van der Waals surface area (Å²) >= 11 is 5.10. The number of para-hydroxylation sites is 1. The number of nitrogens with zero attached hydrogens (tertiary/aromatic N) is 2. The molecule has 4 nitrogen and oxygen atoms in total. The van der Waals surface area contributed by atoms with Gasteiger partial charge in [0.05, 0.1) is 12.0 Å². The van der Waals surface area contributed by atoms with E-state index < -0.39 is 0 Å². The number of imidazole rings is 1. The lowest BCUT2D eigenvalue weighted by atomic mass is 10.3. The van der Waals surface area contributed by atoms with Crippen molar-refractivity contribution in [3.05, 3.63) is 48.8 Å². The lowest BCUT2D eigenvalue weighted by Gasteiger charge is -2.11. The smallest absolute Gasteiger partial charge is 0.170 e. The molecule has 6 heteroatoms. The van der Waals surface area contributed by atoms with E-state index in [9.17, 15) is 4.39 Å². The normalized spacial score (nSPS) is 10.2. The molecular weight excluding hydrogens is 263 g/mol. The topological polar surface area (TPSA) is 41.9 Å². The summed E-state index contributed by atoms with van der Waals surface area (Å²) in [6.07, 6.45) is 6.35. The van der Waals surface area contributed by atoms with Crippen LogP contribution in [0.3, 0.4) is 0 Å². The van der Waals surface area contributed by atoms with Gasteiger partial charge >= 0.3 is 0 Å². The zero-order chi connectivity index (χ0) is 13.5. The third-order valence-electron chi connectivity index (χ3n) is 2.56. The van der Waals surface area contributed by atoms with E-state index in [2.05, 4.69) is 15.6 Å². The van der Waals surface area contributed by atoms with Crippen LogP contribution in [0.2, 0.25) is 0 Å². The van der Waals surface area contributed by atoms with E-state index in [4.69, 9.17) is 12.2 Å². The highest BCUT2D eigenvalue weighted by atomic mass is 32.1. The maximum Gasteiger partial charge on any atom is 0.170 e. The number of thiocarbonyl (C=S) groups is 1. The van der Waals surface area contributed by atoms with Crippen LogP contribution in [0.15, 0.2) is 43.0 Å². The van der Waals surface area contributed by atoms with Gasteiger partial charge in [0.15, 0.2) is 5.11 Å². The number of aryl methyl sites for hydroxylation is 1. The second-order valence-electron chi connectivity index (χ2n) is 4.01. The zero-order valence-corrected chi connectivity index (χ0v) is 11.2. The van der Waals surface area contributed by atoms with Gasteiger partial charge in [-0.3, -0.25) is 0 Å². The van der Waals surface area contributed by atoms with E-state index >= 15 is 0 Å². The van der Waals surface area contributed by atoms with Crippen molar-refractivity contribution in [2.45, 2.75) is 13.0 Å². The Hall–Kier alpha value is -1.95. The van der Waals surface area contributed by atoms with E-state index in [0.717, 1.165) is 19.5 Å². The van der Waals surface area contributed by atoms with Gasteiger partial charge < -0.3 is 15.2 Å². The predicted molar refractivity (Wildman–Crippen MR) is 77.5 cm³/mol. The first-order chi connectivity index (χ1) is 9.25. The molecule has 2 rings (SSSR count). The van der Waals surface area contributed by atoms with Crippen LogP contribution in [-0.2, 0) is 6.54 Å². The largest absolute Gasteiger partial charge is 0.362 e. The van der Waals surface area contributed by atoms with Crippen molar-refractivity contribution < 1.29 is 4.39 Å². The summed E-state index contributed by atoms with van der Waals surface area (Å²) in [5.41, 5.74) is 0.384. The molecule has 0 spiro atoms. The lowest BCUT2D eigenvalue weighted by molar-refractivity contribution is 0.628. The van der Waals surface area contributed by atoms with Gasteiger partial charge in [-0.2, -0.15) is 0 Å². The zero-order valence-electron chi connectivity index (χ0n) is 10.3. The number of aromatic nitrogens is 2. The number of hydrogen-bond donors (Lipinski definition) is 2. The van der Waals surface area contributed by atoms with Gasteiger partial charge in [0, 0.05) is 25.5 Å². The molecule has 1 heterocycles. The fourth-order valence-electron chi connectivity index (χ4n) is 1.61. The fourth-order valence-corrected chi connectivity index (χ4v) is 1.82. The molecule has 0 radical (unpaired) electrons. The Morgan fingerprint density at radius 1 is 1.37 bits per heavy atom. The van der Waals surface area contributed by atoms with Crippen molar-refractivity contribution in [3.8, 4) is 0 Å². The molecule has 2 N–H and O–H groups in total. The lowest BCUT2D eigenvalue weighted by Crippen LogP contribution is -2.30. The van der Waals surface area contributed by atoms with Gasteiger partial charge in [0.1, 0.15) is 5.82 Å². The Kier molecular flexibility index (Phi) is 4.85. The van der Waals surface area contributed by atoms with Gasteiger partial charge in [-0.25, -0.2) is 9.37 Å². The molecule has 0 fully saturated rings. The van der Waals surface area contributed by atoms with Crippen LogP contribution in [0.25, 0.3) is 0 Å². The molecule has 0 aliphatic heterocycles. The molecule has 19 heavy (non-hydrogen) atoms. The summed E-state index contributed by atoms with van der Waals surface area (Å²) in [5, 5.41) is 6.30. The van der Waals surface area contributed by atoms with Crippen molar-refractivity contribution in [3.63, 3.8) is 0 Å². The molecule has 0 saturated carbocycles. The highest BCUT2D eigenvalue weighted by Gasteiger charge is 2.02. The number of rotatable bonds is 5. The number of anilines is 1. The van der Waals surface area contributed by atoms with Crippen LogP contribution in [0.5, 0.6) is 0 Å². The first kappa shape index (κ1) is 13.5. The van der Waals surface area contributed by atoms with Crippen LogP contribution < -0.4 is 10.6 Å². The second kappa shape index (κ2) is 6.84. The van der Waals surface area contributed by atoms with Crippen LogP contribution in [0.1, 0.15) is 6.42 Å². The van der Waals surface area contributed by atoms with E-state index in [1.807, 2.05) is 10.8 Å². The molecular formula is C13H15FN4S. The Morgan fingerprint density at radius 2 is 2.21 bits per heavy atom. The van der Waals surface area contributed by atoms with E-state index in [0.29, 0.717) is 10.8 Å². The van der Waals surface area contributed by atoms with Crippen LogP contribution in [0.4, 0.5) is 10.1 Å². The highest BCUT2D eigenvalue weighted by molar-refractivity contribution is 7.80. The third-order valence-corrected chi connectivity index (χ3v) is 2.81. The maximum absolute atomic E-state index is 13.4. The standard InChI is InChI=1S/C13H15FN4S/c14-11-4-1-2-5-12(11)17-13(19)16-6-3-8-18-9-7-15-10-18/h1-2,4-5,7,9-10H,3,6,8H2,(H2,16,17,19). The second-order valence-corrected chi connectivity index (χ2v) is 4.42. The molecule has 0 saturated heterocycles. The molecule has 0 amide bonds. The van der Waals surface area contributed by atoms with Crippen LogP contribution >= 0.6 is 12.2 Å². The summed E-state index contributed by atoms with van der Waals surface area (Å²) in [7, 11) is 0. The fraction of sp³-hybridized carbons (Fsp3) is 0.231. The van der Waals surface area contributed by atoms with Crippen LogP contribution in [0, 0.1) is 5.82 Å². The van der Waals surface area contributed by atoms with Gasteiger partial charge in [0.2, 0.25) is 0 Å². The van der Waals surface area contributed by atoms with Gasteiger partial charge in [-0.1, -0.05) is 12.1 Å². The number of nitrogens with one attached hydrogen (secondary N) is 2. The van der Waals surface area contributed by atoms with Gasteiger partial charge in [-0.05, 0) is 30.8 Å². The Labute approximate surface area is 116 Å². The van der Waals surface area contributed by atoms with E-state index in [1.165, 1.54) is 6.07 Å². The molecule has 0 aliphatic carbocycles. The summed E-state index contributed by atoms with van der Waals surface area (Å²) in [4.78, 5) is 3.96. The summed E-state index contributed by atoms with van der Waals surface area (Å²) < 4.78 is 15.4. The minimum absolute atomic E-state index is 0.315. The van der Waals surface area contributed by atoms with Crippen molar-refractivity contribution in [2.24, 2.45) is 0 Å². The summed E-state index contributed by atoms with van der Waals surface area (Å²) in [6, 6.07) is 6.44. The molecule has 0 unspecified atom stereocenters. The minimum Gasteiger partial charge on any atom is -0.362 e. The number of benzene rings is 1. The molecule has 0 bridgehead atoms. The van der Waals surface area contributed by atoms with Crippen molar-refractivity contribution in [1.29, 1.82) is 0 Å². The monoisotopic (exact) mass is 278 g/mol. The van der Waals surface area contributed by atoms with Crippen molar-refractivity contribution >= 4 is 23.0 Å². The predicted octanol–water partition coefficient (Wildman–Crippen LogP) is 2.40. The SMILES string of the molecule is Fc1ccccc1NC(=S)NCCCn1ccnc1. The first-order valence-corrected chi connectivity index (χ1v) is 6.41.